The van der Waals surface area contributed by atoms with Gasteiger partial charge >= 0.3 is 0 Å². The van der Waals surface area contributed by atoms with Gasteiger partial charge in [0, 0.05) is 16.6 Å². The van der Waals surface area contributed by atoms with Crippen LogP contribution in [0, 0.1) is 6.92 Å². The summed E-state index contributed by atoms with van der Waals surface area (Å²) < 4.78 is 0. The van der Waals surface area contributed by atoms with Crippen molar-refractivity contribution >= 4 is 16.6 Å². The first-order valence-corrected chi connectivity index (χ1v) is 5.97. The molecule has 0 aliphatic carbocycles. The Labute approximate surface area is 106 Å². The average Bonchev–Trinajstić information content (AvgIpc) is 2.40. The zero-order valence-corrected chi connectivity index (χ0v) is 10.2. The maximum Gasteiger partial charge on any atom is 0.132 e. The minimum Gasteiger partial charge on any atom is -0.383 e. The molecule has 0 fully saturated rings. The van der Waals surface area contributed by atoms with Gasteiger partial charge in [-0.05, 0) is 17.9 Å². The van der Waals surface area contributed by atoms with Crippen molar-refractivity contribution in [1.82, 2.24) is 4.98 Å². The van der Waals surface area contributed by atoms with Gasteiger partial charge in [0.2, 0.25) is 0 Å². The molecule has 0 radical (unpaired) electrons. The number of anilines is 1. The summed E-state index contributed by atoms with van der Waals surface area (Å²) in [6, 6.07) is 18.4. The van der Waals surface area contributed by atoms with Gasteiger partial charge in [-0.2, -0.15) is 0 Å². The lowest BCUT2D eigenvalue weighted by atomic mass is 9.98. The molecule has 0 saturated carbocycles. The molecule has 2 N–H and O–H groups in total. The molecule has 0 bridgehead atoms. The fourth-order valence-electron chi connectivity index (χ4n) is 2.36. The summed E-state index contributed by atoms with van der Waals surface area (Å²) in [5, 5.41) is 2.32. The van der Waals surface area contributed by atoms with Crippen molar-refractivity contribution in [2.45, 2.75) is 6.92 Å². The molecule has 0 atom stereocenters. The summed E-state index contributed by atoms with van der Waals surface area (Å²) >= 11 is 0. The van der Waals surface area contributed by atoms with Gasteiger partial charge in [0.25, 0.3) is 0 Å². The van der Waals surface area contributed by atoms with E-state index in [1.807, 2.05) is 37.3 Å². The highest BCUT2D eigenvalue weighted by Crippen LogP contribution is 2.33. The van der Waals surface area contributed by atoms with E-state index in [-0.39, 0.29) is 0 Å². The Morgan fingerprint density at radius 1 is 0.833 bits per heavy atom. The summed E-state index contributed by atoms with van der Waals surface area (Å²) in [7, 11) is 0. The fourth-order valence-corrected chi connectivity index (χ4v) is 2.36. The van der Waals surface area contributed by atoms with Crippen molar-refractivity contribution in [1.29, 1.82) is 0 Å². The fraction of sp³-hybridized carbons (Fsp3) is 0.0625. The van der Waals surface area contributed by atoms with Crippen molar-refractivity contribution in [3.63, 3.8) is 0 Å². The quantitative estimate of drug-likeness (QED) is 0.695. The molecule has 2 heteroatoms. The Bertz CT molecular complexity index is 703. The Morgan fingerprint density at radius 3 is 2.17 bits per heavy atom. The van der Waals surface area contributed by atoms with Gasteiger partial charge < -0.3 is 5.73 Å². The van der Waals surface area contributed by atoms with E-state index < -0.39 is 0 Å². The molecule has 0 aliphatic heterocycles. The molecular formula is C16H14N2. The number of nitrogens with zero attached hydrogens (tertiary/aromatic N) is 1. The molecule has 88 valence electrons. The van der Waals surface area contributed by atoms with E-state index in [9.17, 15) is 0 Å². The van der Waals surface area contributed by atoms with Gasteiger partial charge in [-0.3, -0.25) is 0 Å². The monoisotopic (exact) mass is 234 g/mol. The topological polar surface area (TPSA) is 38.9 Å². The largest absolute Gasteiger partial charge is 0.383 e. The van der Waals surface area contributed by atoms with E-state index in [0.29, 0.717) is 5.82 Å². The van der Waals surface area contributed by atoms with E-state index >= 15 is 0 Å². The molecule has 18 heavy (non-hydrogen) atoms. The lowest BCUT2D eigenvalue weighted by Gasteiger charge is -2.11. The molecule has 3 aromatic rings. The van der Waals surface area contributed by atoms with E-state index in [0.717, 1.165) is 27.6 Å². The molecular weight excluding hydrogens is 220 g/mol. The van der Waals surface area contributed by atoms with Crippen LogP contribution < -0.4 is 5.73 Å². The lowest BCUT2D eigenvalue weighted by molar-refractivity contribution is 1.25. The van der Waals surface area contributed by atoms with Crippen molar-refractivity contribution in [3.05, 3.63) is 60.3 Å². The van der Waals surface area contributed by atoms with Crippen LogP contribution in [0.4, 0.5) is 5.82 Å². The minimum absolute atomic E-state index is 0.595. The zero-order chi connectivity index (χ0) is 12.5. The summed E-state index contributed by atoms with van der Waals surface area (Å²) in [6.07, 6.45) is 0. The maximum atomic E-state index is 6.11. The number of benzene rings is 2. The smallest absolute Gasteiger partial charge is 0.132 e. The van der Waals surface area contributed by atoms with Gasteiger partial charge in [-0.25, -0.2) is 4.98 Å². The van der Waals surface area contributed by atoms with Gasteiger partial charge in [-0.1, -0.05) is 54.6 Å². The SMILES string of the molecule is Cc1nc(N)c(-c2ccccc2)c2ccccc12. The first-order valence-electron chi connectivity index (χ1n) is 5.97. The second kappa shape index (κ2) is 4.15. The van der Waals surface area contributed by atoms with Crippen LogP contribution in [0.15, 0.2) is 54.6 Å². The number of rotatable bonds is 1. The predicted molar refractivity (Wildman–Crippen MR) is 76.3 cm³/mol. The molecule has 2 nitrogen and oxygen atoms in total. The van der Waals surface area contributed by atoms with Crippen LogP contribution in [-0.4, -0.2) is 4.98 Å². The molecule has 2 aromatic carbocycles. The molecule has 3 rings (SSSR count). The van der Waals surface area contributed by atoms with Crippen LogP contribution >= 0.6 is 0 Å². The minimum atomic E-state index is 0.595. The normalized spacial score (nSPS) is 10.7. The highest BCUT2D eigenvalue weighted by atomic mass is 14.8. The van der Waals surface area contributed by atoms with Crippen LogP contribution in [0.2, 0.25) is 0 Å². The number of aromatic nitrogens is 1. The van der Waals surface area contributed by atoms with Gasteiger partial charge in [0.15, 0.2) is 0 Å². The Hall–Kier alpha value is -2.35. The number of nitrogen functional groups attached to an aromatic ring is 1. The van der Waals surface area contributed by atoms with E-state index in [4.69, 9.17) is 5.73 Å². The first kappa shape index (κ1) is 10.8. The molecule has 0 amide bonds. The third-order valence-electron chi connectivity index (χ3n) is 3.19. The summed E-state index contributed by atoms with van der Waals surface area (Å²) in [4.78, 5) is 4.46. The van der Waals surface area contributed by atoms with Gasteiger partial charge in [-0.15, -0.1) is 0 Å². The molecule has 0 aliphatic rings. The molecule has 1 heterocycles. The number of aryl methyl sites for hydroxylation is 1. The van der Waals surface area contributed by atoms with Crippen molar-refractivity contribution in [2.75, 3.05) is 5.73 Å². The van der Waals surface area contributed by atoms with Crippen molar-refractivity contribution in [2.24, 2.45) is 0 Å². The Balaban J connectivity index is 2.42. The molecule has 0 saturated heterocycles. The Morgan fingerprint density at radius 2 is 1.44 bits per heavy atom. The standard InChI is InChI=1S/C16H14N2/c1-11-13-9-5-6-10-14(13)15(16(17)18-11)12-7-3-2-4-8-12/h2-10H,1H3,(H2,17,18). The number of nitrogens with two attached hydrogens (primary N) is 1. The number of hydrogen-bond acceptors (Lipinski definition) is 2. The Kier molecular flexibility index (Phi) is 2.49. The first-order chi connectivity index (χ1) is 8.77. The molecule has 0 spiro atoms. The number of fused-ring (bicyclic) bond motifs is 1. The number of hydrogen-bond donors (Lipinski definition) is 1. The van der Waals surface area contributed by atoms with E-state index in [1.165, 1.54) is 0 Å². The summed E-state index contributed by atoms with van der Waals surface area (Å²) in [5.74, 6) is 0.595. The number of pyridine rings is 1. The van der Waals surface area contributed by atoms with Crippen LogP contribution in [0.3, 0.4) is 0 Å². The summed E-state index contributed by atoms with van der Waals surface area (Å²) in [6.45, 7) is 1.99. The highest BCUT2D eigenvalue weighted by molar-refractivity contribution is 6.01. The lowest BCUT2D eigenvalue weighted by Crippen LogP contribution is -1.98. The summed E-state index contributed by atoms with van der Waals surface area (Å²) in [5.41, 5.74) is 9.22. The second-order valence-electron chi connectivity index (χ2n) is 4.37. The van der Waals surface area contributed by atoms with E-state index in [1.54, 1.807) is 0 Å². The van der Waals surface area contributed by atoms with Crippen LogP contribution in [0.5, 0.6) is 0 Å². The van der Waals surface area contributed by atoms with Crippen LogP contribution in [0.25, 0.3) is 21.9 Å². The zero-order valence-electron chi connectivity index (χ0n) is 10.2. The third kappa shape index (κ3) is 1.63. The molecule has 1 aromatic heterocycles. The second-order valence-corrected chi connectivity index (χ2v) is 4.37. The highest BCUT2D eigenvalue weighted by Gasteiger charge is 2.10. The molecule has 0 unspecified atom stereocenters. The average molecular weight is 234 g/mol. The van der Waals surface area contributed by atoms with Crippen LogP contribution in [-0.2, 0) is 0 Å². The van der Waals surface area contributed by atoms with Gasteiger partial charge in [0.1, 0.15) is 5.82 Å². The van der Waals surface area contributed by atoms with Crippen molar-refractivity contribution in [3.8, 4) is 11.1 Å². The van der Waals surface area contributed by atoms with E-state index in [2.05, 4.69) is 29.2 Å². The van der Waals surface area contributed by atoms with Gasteiger partial charge in [0.05, 0.1) is 0 Å². The third-order valence-corrected chi connectivity index (χ3v) is 3.19. The predicted octanol–water partition coefficient (Wildman–Crippen LogP) is 3.79. The maximum absolute atomic E-state index is 6.11. The van der Waals surface area contributed by atoms with Crippen molar-refractivity contribution < 1.29 is 0 Å². The van der Waals surface area contributed by atoms with Crippen LogP contribution in [0.1, 0.15) is 5.69 Å².